The van der Waals surface area contributed by atoms with Crippen molar-refractivity contribution >= 4 is 29.9 Å². The van der Waals surface area contributed by atoms with Gasteiger partial charge in [-0.15, -0.1) is 24.0 Å². The third kappa shape index (κ3) is 6.00. The zero-order chi connectivity index (χ0) is 16.6. The van der Waals surface area contributed by atoms with Crippen molar-refractivity contribution in [2.75, 3.05) is 39.8 Å². The van der Waals surface area contributed by atoms with Gasteiger partial charge in [0.1, 0.15) is 0 Å². The van der Waals surface area contributed by atoms with Crippen LogP contribution in [-0.2, 0) is 13.1 Å². The number of aromatic nitrogens is 2. The van der Waals surface area contributed by atoms with Crippen LogP contribution in [0.3, 0.4) is 0 Å². The molecule has 1 aromatic heterocycles. The second-order valence-corrected chi connectivity index (χ2v) is 6.02. The van der Waals surface area contributed by atoms with Gasteiger partial charge >= 0.3 is 0 Å². The number of nitrogens with one attached hydrogen (secondary N) is 1. The zero-order valence-electron chi connectivity index (χ0n) is 14.7. The van der Waals surface area contributed by atoms with Crippen LogP contribution in [-0.4, -0.2) is 65.1 Å². The number of benzene rings is 1. The highest BCUT2D eigenvalue weighted by Gasteiger charge is 2.19. The highest BCUT2D eigenvalue weighted by Crippen LogP contribution is 2.08. The van der Waals surface area contributed by atoms with Crippen molar-refractivity contribution in [3.05, 3.63) is 54.6 Å². The van der Waals surface area contributed by atoms with E-state index in [1.54, 1.807) is 6.20 Å². The number of rotatable bonds is 5. The molecule has 0 bridgehead atoms. The minimum atomic E-state index is 0. The first-order chi connectivity index (χ1) is 11.8. The number of imidazole rings is 1. The first-order valence-corrected chi connectivity index (χ1v) is 8.53. The standard InChI is InChI=1S/C18H26N6.HI/c1-19-18(21-8-10-23-9-7-20-16-23)24-13-11-22(12-14-24)15-17-5-3-2-4-6-17;/h2-7,9,16H,8,10-15H2,1H3,(H,19,21);1H. The Kier molecular flexibility index (Phi) is 8.20. The van der Waals surface area contributed by atoms with Crippen molar-refractivity contribution in [2.24, 2.45) is 4.99 Å². The Hall–Kier alpha value is -1.61. The second-order valence-electron chi connectivity index (χ2n) is 6.02. The van der Waals surface area contributed by atoms with E-state index in [1.165, 1.54) is 5.56 Å². The van der Waals surface area contributed by atoms with Crippen LogP contribution in [0.2, 0.25) is 0 Å². The molecule has 3 rings (SSSR count). The summed E-state index contributed by atoms with van der Waals surface area (Å²) in [6.07, 6.45) is 5.63. The van der Waals surface area contributed by atoms with E-state index in [-0.39, 0.29) is 24.0 Å². The van der Waals surface area contributed by atoms with E-state index in [4.69, 9.17) is 0 Å². The van der Waals surface area contributed by atoms with E-state index < -0.39 is 0 Å². The number of hydrogen-bond donors (Lipinski definition) is 1. The quantitative estimate of drug-likeness (QED) is 0.426. The molecule has 25 heavy (non-hydrogen) atoms. The van der Waals surface area contributed by atoms with Crippen LogP contribution >= 0.6 is 24.0 Å². The lowest BCUT2D eigenvalue weighted by atomic mass is 10.2. The summed E-state index contributed by atoms with van der Waals surface area (Å²) in [7, 11) is 1.86. The summed E-state index contributed by atoms with van der Waals surface area (Å²) >= 11 is 0. The van der Waals surface area contributed by atoms with Gasteiger partial charge in [0.05, 0.1) is 6.33 Å². The van der Waals surface area contributed by atoms with Crippen LogP contribution in [0.5, 0.6) is 0 Å². The molecule has 0 atom stereocenters. The van der Waals surface area contributed by atoms with Crippen LogP contribution < -0.4 is 5.32 Å². The van der Waals surface area contributed by atoms with Crippen molar-refractivity contribution in [1.29, 1.82) is 0 Å². The van der Waals surface area contributed by atoms with Crippen LogP contribution in [0.15, 0.2) is 54.0 Å². The van der Waals surface area contributed by atoms with Gasteiger partial charge in [-0.2, -0.15) is 0 Å². The van der Waals surface area contributed by atoms with Crippen LogP contribution in [0.1, 0.15) is 5.56 Å². The molecule has 0 amide bonds. The molecule has 0 aliphatic carbocycles. The van der Waals surface area contributed by atoms with Crippen LogP contribution in [0.4, 0.5) is 0 Å². The molecule has 1 aliphatic heterocycles. The van der Waals surface area contributed by atoms with Crippen LogP contribution in [0, 0.1) is 0 Å². The average Bonchev–Trinajstić information content (AvgIpc) is 3.14. The summed E-state index contributed by atoms with van der Waals surface area (Å²) in [6, 6.07) is 10.7. The van der Waals surface area contributed by atoms with Gasteiger partial charge in [0.25, 0.3) is 0 Å². The van der Waals surface area contributed by atoms with E-state index in [2.05, 4.69) is 60.0 Å². The Morgan fingerprint density at radius 1 is 1.16 bits per heavy atom. The number of nitrogens with zero attached hydrogens (tertiary/aromatic N) is 5. The number of halogens is 1. The minimum absolute atomic E-state index is 0. The molecule has 0 spiro atoms. The van der Waals surface area contributed by atoms with Gasteiger partial charge in [-0.3, -0.25) is 9.89 Å². The van der Waals surface area contributed by atoms with E-state index >= 15 is 0 Å². The first kappa shape index (κ1) is 19.7. The SMILES string of the molecule is CN=C(NCCn1ccnc1)N1CCN(Cc2ccccc2)CC1.I. The molecule has 0 saturated carbocycles. The average molecular weight is 454 g/mol. The van der Waals surface area contributed by atoms with Crippen molar-refractivity contribution in [2.45, 2.75) is 13.1 Å². The van der Waals surface area contributed by atoms with Gasteiger partial charge < -0.3 is 14.8 Å². The number of piperazine rings is 1. The monoisotopic (exact) mass is 454 g/mol. The smallest absolute Gasteiger partial charge is 0.193 e. The van der Waals surface area contributed by atoms with Gasteiger partial charge in [0, 0.05) is 65.3 Å². The van der Waals surface area contributed by atoms with E-state index in [0.717, 1.165) is 51.8 Å². The van der Waals surface area contributed by atoms with Gasteiger partial charge in [-0.05, 0) is 5.56 Å². The molecular weight excluding hydrogens is 427 g/mol. The highest BCUT2D eigenvalue weighted by atomic mass is 127. The lowest BCUT2D eigenvalue weighted by molar-refractivity contribution is 0.172. The lowest BCUT2D eigenvalue weighted by Crippen LogP contribution is -2.52. The van der Waals surface area contributed by atoms with Crippen molar-refractivity contribution in [3.8, 4) is 0 Å². The molecule has 1 saturated heterocycles. The fourth-order valence-corrected chi connectivity index (χ4v) is 3.01. The van der Waals surface area contributed by atoms with Crippen molar-refractivity contribution in [1.82, 2.24) is 24.7 Å². The number of hydrogen-bond acceptors (Lipinski definition) is 3. The molecule has 0 radical (unpaired) electrons. The maximum absolute atomic E-state index is 4.43. The van der Waals surface area contributed by atoms with E-state index in [9.17, 15) is 0 Å². The lowest BCUT2D eigenvalue weighted by Gasteiger charge is -2.36. The van der Waals surface area contributed by atoms with Gasteiger partial charge in [0.15, 0.2) is 5.96 Å². The highest BCUT2D eigenvalue weighted by molar-refractivity contribution is 14.0. The van der Waals surface area contributed by atoms with Gasteiger partial charge in [-0.1, -0.05) is 30.3 Å². The van der Waals surface area contributed by atoms with Crippen molar-refractivity contribution in [3.63, 3.8) is 0 Å². The summed E-state index contributed by atoms with van der Waals surface area (Å²) in [6.45, 7) is 6.94. The molecular formula is C18H27IN6. The molecule has 2 heterocycles. The minimum Gasteiger partial charge on any atom is -0.354 e. The summed E-state index contributed by atoms with van der Waals surface area (Å²) in [5.74, 6) is 0.995. The Morgan fingerprint density at radius 2 is 1.92 bits per heavy atom. The largest absolute Gasteiger partial charge is 0.354 e. The molecule has 1 N–H and O–H groups in total. The number of guanidine groups is 1. The first-order valence-electron chi connectivity index (χ1n) is 8.53. The Morgan fingerprint density at radius 3 is 2.56 bits per heavy atom. The summed E-state index contributed by atoms with van der Waals surface area (Å²) < 4.78 is 2.07. The summed E-state index contributed by atoms with van der Waals surface area (Å²) in [5.41, 5.74) is 1.38. The fraction of sp³-hybridized carbons (Fsp3) is 0.444. The molecule has 7 heteroatoms. The normalized spacial score (nSPS) is 15.7. The molecule has 1 aliphatic rings. The Balaban J connectivity index is 0.00000225. The topological polar surface area (TPSA) is 48.7 Å². The van der Waals surface area contributed by atoms with Gasteiger partial charge in [0.2, 0.25) is 0 Å². The molecule has 0 unspecified atom stereocenters. The van der Waals surface area contributed by atoms with Crippen molar-refractivity contribution < 1.29 is 0 Å². The molecule has 1 fully saturated rings. The Bertz CT molecular complexity index is 620. The third-order valence-electron chi connectivity index (χ3n) is 4.34. The molecule has 6 nitrogen and oxygen atoms in total. The fourth-order valence-electron chi connectivity index (χ4n) is 3.01. The Labute approximate surface area is 167 Å². The zero-order valence-corrected chi connectivity index (χ0v) is 17.0. The van der Waals surface area contributed by atoms with Crippen LogP contribution in [0.25, 0.3) is 0 Å². The third-order valence-corrected chi connectivity index (χ3v) is 4.34. The second kappa shape index (κ2) is 10.4. The molecule has 1 aromatic carbocycles. The summed E-state index contributed by atoms with van der Waals surface area (Å²) in [4.78, 5) is 13.3. The predicted octanol–water partition coefficient (Wildman–Crippen LogP) is 1.89. The van der Waals surface area contributed by atoms with Gasteiger partial charge in [-0.25, -0.2) is 4.98 Å². The predicted molar refractivity (Wildman–Crippen MR) is 112 cm³/mol. The summed E-state index contributed by atoms with van der Waals surface area (Å²) in [5, 5.41) is 3.45. The van der Waals surface area contributed by atoms with E-state index in [0.29, 0.717) is 0 Å². The molecule has 136 valence electrons. The maximum atomic E-state index is 4.43. The van der Waals surface area contributed by atoms with E-state index in [1.807, 2.05) is 19.6 Å². The maximum Gasteiger partial charge on any atom is 0.193 e. The molecule has 2 aromatic rings. The number of aliphatic imine (C=N–C) groups is 1.